The van der Waals surface area contributed by atoms with Gasteiger partial charge in [0.15, 0.2) is 0 Å². The fourth-order valence-corrected chi connectivity index (χ4v) is 2.57. The van der Waals surface area contributed by atoms with Gasteiger partial charge in [-0.3, -0.25) is 4.68 Å². The number of rotatable bonds is 5. The molecule has 3 rings (SSSR count). The molecule has 0 bridgehead atoms. The fourth-order valence-electron chi connectivity index (χ4n) is 2.19. The Morgan fingerprint density at radius 1 is 1.43 bits per heavy atom. The number of benzene rings is 1. The van der Waals surface area contributed by atoms with Crippen LogP contribution in [0.15, 0.2) is 40.6 Å². The third kappa shape index (κ3) is 3.46. The van der Waals surface area contributed by atoms with Gasteiger partial charge >= 0.3 is 0 Å². The molecule has 0 saturated carbocycles. The lowest BCUT2D eigenvalue weighted by Gasteiger charge is -2.18. The zero-order valence-electron chi connectivity index (χ0n) is 11.4. The van der Waals surface area contributed by atoms with Crippen LogP contribution in [-0.4, -0.2) is 34.6 Å². The van der Waals surface area contributed by atoms with Crippen LogP contribution < -0.4 is 10.1 Å². The van der Waals surface area contributed by atoms with Gasteiger partial charge in [0, 0.05) is 22.8 Å². The van der Waals surface area contributed by atoms with Crippen LogP contribution in [0.1, 0.15) is 5.56 Å². The zero-order valence-corrected chi connectivity index (χ0v) is 13.0. The van der Waals surface area contributed by atoms with E-state index in [1.54, 1.807) is 10.9 Å². The maximum absolute atomic E-state index is 8.87. The number of hydrogen-bond donors (Lipinski definition) is 2. The molecule has 1 aromatic heterocycles. The molecule has 0 amide bonds. The molecule has 5 nitrogen and oxygen atoms in total. The van der Waals surface area contributed by atoms with Gasteiger partial charge in [0.2, 0.25) is 0 Å². The quantitative estimate of drug-likeness (QED) is 0.870. The molecule has 1 aliphatic rings. The summed E-state index contributed by atoms with van der Waals surface area (Å²) < 4.78 is 8.49. The van der Waals surface area contributed by atoms with Crippen LogP contribution in [0.5, 0.6) is 5.75 Å². The smallest absolute Gasteiger partial charge is 0.127 e. The summed E-state index contributed by atoms with van der Waals surface area (Å²) in [6, 6.07) is 6.00. The number of aliphatic hydroxyl groups excluding tert-OH is 1. The van der Waals surface area contributed by atoms with Crippen LogP contribution >= 0.6 is 15.9 Å². The highest BCUT2D eigenvalue weighted by molar-refractivity contribution is 9.10. The second-order valence-corrected chi connectivity index (χ2v) is 5.76. The van der Waals surface area contributed by atoms with Gasteiger partial charge in [-0.05, 0) is 29.8 Å². The molecule has 2 heterocycles. The van der Waals surface area contributed by atoms with E-state index in [9.17, 15) is 0 Å². The molecule has 2 N–H and O–H groups in total. The Morgan fingerprint density at radius 3 is 3.19 bits per heavy atom. The van der Waals surface area contributed by atoms with E-state index >= 15 is 0 Å². The highest BCUT2D eigenvalue weighted by Gasteiger charge is 2.11. The number of aliphatic hydroxyl groups is 1. The molecule has 0 unspecified atom stereocenters. The Kier molecular flexibility index (Phi) is 4.26. The minimum absolute atomic E-state index is 0.0891. The summed E-state index contributed by atoms with van der Waals surface area (Å²) in [5.41, 5.74) is 3.20. The predicted molar refractivity (Wildman–Crippen MR) is 85.4 cm³/mol. The normalized spacial score (nSPS) is 13.3. The lowest BCUT2D eigenvalue weighted by atomic mass is 10.1. The number of halogens is 1. The number of anilines is 1. The van der Waals surface area contributed by atoms with E-state index < -0.39 is 0 Å². The molecular formula is C15H16BrN3O2. The summed E-state index contributed by atoms with van der Waals surface area (Å²) in [6.07, 6.45) is 5.78. The largest absolute Gasteiger partial charge is 0.489 e. The van der Waals surface area contributed by atoms with Gasteiger partial charge in [-0.25, -0.2) is 0 Å². The summed E-state index contributed by atoms with van der Waals surface area (Å²) in [7, 11) is 0. The van der Waals surface area contributed by atoms with Crippen LogP contribution in [0, 0.1) is 0 Å². The first-order valence-electron chi connectivity index (χ1n) is 6.73. The standard InChI is InChI=1S/C15H16BrN3O2/c16-13-1-2-15-12(6-13)5-11(10-21-15)7-17-14-8-18-19(9-14)3-4-20/h1-2,5-6,8-9,17,20H,3-4,7,10H2. The average molecular weight is 350 g/mol. The van der Waals surface area contributed by atoms with E-state index in [1.165, 1.54) is 5.57 Å². The molecule has 1 aromatic carbocycles. The van der Waals surface area contributed by atoms with Gasteiger partial charge in [-0.2, -0.15) is 5.10 Å². The van der Waals surface area contributed by atoms with E-state index in [0.717, 1.165) is 21.5 Å². The second-order valence-electron chi connectivity index (χ2n) is 4.84. The molecule has 0 fully saturated rings. The van der Waals surface area contributed by atoms with Crippen molar-refractivity contribution >= 4 is 27.7 Å². The summed E-state index contributed by atoms with van der Waals surface area (Å²) >= 11 is 3.47. The number of aromatic nitrogens is 2. The molecule has 21 heavy (non-hydrogen) atoms. The average Bonchev–Trinajstić information content (AvgIpc) is 2.93. The molecule has 1 aliphatic heterocycles. The predicted octanol–water partition coefficient (Wildman–Crippen LogP) is 2.53. The Hall–Kier alpha value is -1.79. The van der Waals surface area contributed by atoms with Gasteiger partial charge < -0.3 is 15.2 Å². The second kappa shape index (κ2) is 6.32. The zero-order chi connectivity index (χ0) is 14.7. The molecule has 6 heteroatoms. The fraction of sp³-hybridized carbons (Fsp3) is 0.267. The molecular weight excluding hydrogens is 334 g/mol. The van der Waals surface area contributed by atoms with E-state index in [4.69, 9.17) is 9.84 Å². The maximum Gasteiger partial charge on any atom is 0.127 e. The first-order valence-corrected chi connectivity index (χ1v) is 7.53. The van der Waals surface area contributed by atoms with E-state index in [-0.39, 0.29) is 6.61 Å². The summed E-state index contributed by atoms with van der Waals surface area (Å²) in [4.78, 5) is 0. The van der Waals surface area contributed by atoms with Crippen molar-refractivity contribution < 1.29 is 9.84 Å². The van der Waals surface area contributed by atoms with Gasteiger partial charge in [0.1, 0.15) is 12.4 Å². The molecule has 0 spiro atoms. The number of nitrogens with zero attached hydrogens (tertiary/aromatic N) is 2. The van der Waals surface area contributed by atoms with Crippen molar-refractivity contribution in [3.8, 4) is 5.75 Å². The van der Waals surface area contributed by atoms with Gasteiger partial charge in [-0.15, -0.1) is 0 Å². The van der Waals surface area contributed by atoms with Crippen LogP contribution in [0.4, 0.5) is 5.69 Å². The van der Waals surface area contributed by atoms with Crippen molar-refractivity contribution in [2.24, 2.45) is 0 Å². The van der Waals surface area contributed by atoms with E-state index in [0.29, 0.717) is 19.7 Å². The van der Waals surface area contributed by atoms with E-state index in [1.807, 2.05) is 24.4 Å². The summed E-state index contributed by atoms with van der Waals surface area (Å²) in [6.45, 7) is 1.89. The molecule has 110 valence electrons. The molecule has 2 aromatic rings. The first kappa shape index (κ1) is 14.2. The van der Waals surface area contributed by atoms with Gasteiger partial charge in [-0.1, -0.05) is 15.9 Å². The third-order valence-corrected chi connectivity index (χ3v) is 3.72. The number of fused-ring (bicyclic) bond motifs is 1. The molecule has 0 saturated heterocycles. The van der Waals surface area contributed by atoms with Crippen LogP contribution in [0.25, 0.3) is 6.08 Å². The monoisotopic (exact) mass is 349 g/mol. The molecule has 0 atom stereocenters. The topological polar surface area (TPSA) is 59.3 Å². The van der Waals surface area contributed by atoms with Crippen molar-refractivity contribution in [3.05, 3.63) is 46.2 Å². The lowest BCUT2D eigenvalue weighted by Crippen LogP contribution is -2.14. The third-order valence-electron chi connectivity index (χ3n) is 3.23. The lowest BCUT2D eigenvalue weighted by molar-refractivity contribution is 0.269. The first-order chi connectivity index (χ1) is 10.2. The number of nitrogens with one attached hydrogen (secondary N) is 1. The van der Waals surface area contributed by atoms with Crippen molar-refractivity contribution in [3.63, 3.8) is 0 Å². The SMILES string of the molecule is OCCn1cc(NCC2=Cc3cc(Br)ccc3OC2)cn1. The summed E-state index contributed by atoms with van der Waals surface area (Å²) in [5.74, 6) is 0.915. The van der Waals surface area contributed by atoms with Crippen LogP contribution in [-0.2, 0) is 6.54 Å². The highest BCUT2D eigenvalue weighted by Crippen LogP contribution is 2.29. The number of ether oxygens (including phenoxy) is 1. The Labute approximate surface area is 131 Å². The van der Waals surface area contributed by atoms with E-state index in [2.05, 4.69) is 32.4 Å². The molecule has 0 aliphatic carbocycles. The Bertz CT molecular complexity index is 667. The van der Waals surface area contributed by atoms with Crippen molar-refractivity contribution in [2.75, 3.05) is 25.1 Å². The molecule has 0 radical (unpaired) electrons. The van der Waals surface area contributed by atoms with Crippen LogP contribution in [0.2, 0.25) is 0 Å². The van der Waals surface area contributed by atoms with Gasteiger partial charge in [0.05, 0.1) is 25.0 Å². The minimum atomic E-state index is 0.0891. The van der Waals surface area contributed by atoms with Crippen molar-refractivity contribution in [1.29, 1.82) is 0 Å². The Morgan fingerprint density at radius 2 is 2.33 bits per heavy atom. The van der Waals surface area contributed by atoms with Crippen LogP contribution in [0.3, 0.4) is 0 Å². The summed E-state index contributed by atoms with van der Waals surface area (Å²) in [5, 5.41) is 16.3. The minimum Gasteiger partial charge on any atom is -0.489 e. The van der Waals surface area contributed by atoms with Gasteiger partial charge in [0.25, 0.3) is 0 Å². The number of hydrogen-bond acceptors (Lipinski definition) is 4. The Balaban J connectivity index is 1.65. The van der Waals surface area contributed by atoms with Crippen molar-refractivity contribution in [1.82, 2.24) is 9.78 Å². The highest BCUT2D eigenvalue weighted by atomic mass is 79.9. The van der Waals surface area contributed by atoms with Crippen molar-refractivity contribution in [2.45, 2.75) is 6.54 Å². The maximum atomic E-state index is 8.87.